The minimum Gasteiger partial charge on any atom is -0.480 e. The highest BCUT2D eigenvalue weighted by molar-refractivity contribution is 5.73. The van der Waals surface area contributed by atoms with E-state index >= 15 is 0 Å². The number of nitrogens with zero attached hydrogens (tertiary/aromatic N) is 1. The van der Waals surface area contributed by atoms with Gasteiger partial charge in [-0.3, -0.25) is 4.79 Å². The van der Waals surface area contributed by atoms with Crippen molar-refractivity contribution >= 4 is 5.97 Å². The second-order valence-corrected chi connectivity index (χ2v) is 4.52. The van der Waals surface area contributed by atoms with Crippen molar-refractivity contribution in [2.24, 2.45) is 5.73 Å². The molecule has 0 aromatic heterocycles. The van der Waals surface area contributed by atoms with Crippen LogP contribution in [0.2, 0.25) is 0 Å². The molecule has 0 radical (unpaired) electrons. The zero-order valence-corrected chi connectivity index (χ0v) is 10.4. The maximum Gasteiger partial charge on any atom is 0.320 e. The quantitative estimate of drug-likeness (QED) is 0.764. The van der Waals surface area contributed by atoms with Gasteiger partial charge in [-0.25, -0.2) is 0 Å². The predicted molar refractivity (Wildman–Crippen MR) is 68.0 cm³/mol. The van der Waals surface area contributed by atoms with E-state index in [0.717, 1.165) is 18.5 Å². The molecule has 0 spiro atoms. The summed E-state index contributed by atoms with van der Waals surface area (Å²) in [7, 11) is 4.08. The Morgan fingerprint density at radius 2 is 1.82 bits per heavy atom. The first-order valence-electron chi connectivity index (χ1n) is 5.70. The Morgan fingerprint density at radius 3 is 2.29 bits per heavy atom. The van der Waals surface area contributed by atoms with Crippen LogP contribution in [-0.4, -0.2) is 42.7 Å². The molecule has 1 aromatic rings. The maximum absolute atomic E-state index is 10.6. The van der Waals surface area contributed by atoms with E-state index in [-0.39, 0.29) is 0 Å². The van der Waals surface area contributed by atoms with Crippen LogP contribution in [0, 0.1) is 0 Å². The number of nitrogens with two attached hydrogens (primary N) is 1. The number of hydrogen-bond acceptors (Lipinski definition) is 3. The third-order valence-electron chi connectivity index (χ3n) is 2.64. The van der Waals surface area contributed by atoms with E-state index in [1.165, 1.54) is 5.56 Å². The van der Waals surface area contributed by atoms with Crippen LogP contribution in [0.15, 0.2) is 24.3 Å². The van der Waals surface area contributed by atoms with E-state index in [0.29, 0.717) is 6.42 Å². The van der Waals surface area contributed by atoms with Crippen molar-refractivity contribution in [3.8, 4) is 0 Å². The molecule has 4 nitrogen and oxygen atoms in total. The Morgan fingerprint density at radius 1 is 1.29 bits per heavy atom. The first-order valence-corrected chi connectivity index (χ1v) is 5.70. The molecule has 94 valence electrons. The minimum absolute atomic E-state index is 0.378. The smallest absolute Gasteiger partial charge is 0.320 e. The second-order valence-electron chi connectivity index (χ2n) is 4.52. The van der Waals surface area contributed by atoms with Crippen LogP contribution in [0.1, 0.15) is 11.1 Å². The molecule has 0 saturated carbocycles. The molecule has 4 heteroatoms. The number of aliphatic carboxylic acids is 1. The average molecular weight is 236 g/mol. The van der Waals surface area contributed by atoms with Crippen LogP contribution < -0.4 is 5.73 Å². The molecule has 0 fully saturated rings. The summed E-state index contributed by atoms with van der Waals surface area (Å²) in [5.41, 5.74) is 7.70. The van der Waals surface area contributed by atoms with Crippen molar-refractivity contribution in [3.63, 3.8) is 0 Å². The van der Waals surface area contributed by atoms with Crippen molar-refractivity contribution < 1.29 is 9.90 Å². The first kappa shape index (κ1) is 13.7. The first-order chi connectivity index (χ1) is 7.99. The summed E-state index contributed by atoms with van der Waals surface area (Å²) in [5, 5.41) is 8.71. The van der Waals surface area contributed by atoms with Gasteiger partial charge in [0, 0.05) is 6.54 Å². The molecule has 17 heavy (non-hydrogen) atoms. The van der Waals surface area contributed by atoms with Gasteiger partial charge < -0.3 is 15.7 Å². The zero-order chi connectivity index (χ0) is 12.8. The fourth-order valence-electron chi connectivity index (χ4n) is 1.54. The van der Waals surface area contributed by atoms with Gasteiger partial charge in [0.15, 0.2) is 0 Å². The summed E-state index contributed by atoms with van der Waals surface area (Å²) in [6.45, 7) is 1.01. The van der Waals surface area contributed by atoms with E-state index < -0.39 is 12.0 Å². The lowest BCUT2D eigenvalue weighted by Crippen LogP contribution is -2.32. The summed E-state index contributed by atoms with van der Waals surface area (Å²) < 4.78 is 0. The standard InChI is InChI=1S/C13H20N2O2/c1-15(2)8-7-10-3-5-11(6-4-10)9-12(14)13(16)17/h3-6,12H,7-9,14H2,1-2H3,(H,16,17). The second kappa shape index (κ2) is 6.37. The largest absolute Gasteiger partial charge is 0.480 e. The molecule has 0 saturated heterocycles. The Bertz CT molecular complexity index is 360. The average Bonchev–Trinajstić information content (AvgIpc) is 2.28. The molecule has 0 aliphatic heterocycles. The van der Waals surface area contributed by atoms with Crippen molar-refractivity contribution in [1.82, 2.24) is 4.90 Å². The topological polar surface area (TPSA) is 66.6 Å². The van der Waals surface area contributed by atoms with Crippen molar-refractivity contribution in [1.29, 1.82) is 0 Å². The molecule has 1 unspecified atom stereocenters. The van der Waals surface area contributed by atoms with E-state index in [4.69, 9.17) is 10.8 Å². The summed E-state index contributed by atoms with van der Waals surface area (Å²) >= 11 is 0. The highest BCUT2D eigenvalue weighted by Crippen LogP contribution is 2.07. The van der Waals surface area contributed by atoms with Gasteiger partial charge in [-0.1, -0.05) is 24.3 Å². The van der Waals surface area contributed by atoms with Gasteiger partial charge in [0.05, 0.1) is 0 Å². The molecule has 3 N–H and O–H groups in total. The van der Waals surface area contributed by atoms with E-state index in [2.05, 4.69) is 4.90 Å². The fourth-order valence-corrected chi connectivity index (χ4v) is 1.54. The van der Waals surface area contributed by atoms with Gasteiger partial charge >= 0.3 is 5.97 Å². The van der Waals surface area contributed by atoms with Crippen LogP contribution in [0.4, 0.5) is 0 Å². The number of carbonyl (C=O) groups is 1. The van der Waals surface area contributed by atoms with Gasteiger partial charge in [-0.05, 0) is 38.1 Å². The van der Waals surface area contributed by atoms with E-state index in [1.54, 1.807) is 0 Å². The van der Waals surface area contributed by atoms with Gasteiger partial charge in [0.2, 0.25) is 0 Å². The van der Waals surface area contributed by atoms with Crippen LogP contribution in [-0.2, 0) is 17.6 Å². The number of benzene rings is 1. The van der Waals surface area contributed by atoms with Crippen molar-refractivity contribution in [2.45, 2.75) is 18.9 Å². The maximum atomic E-state index is 10.6. The molecule has 1 aromatic carbocycles. The summed E-state index contributed by atoms with van der Waals surface area (Å²) in [4.78, 5) is 12.8. The van der Waals surface area contributed by atoms with Crippen molar-refractivity contribution in [2.75, 3.05) is 20.6 Å². The van der Waals surface area contributed by atoms with E-state index in [1.807, 2.05) is 38.4 Å². The SMILES string of the molecule is CN(C)CCc1ccc(CC(N)C(=O)O)cc1. The normalized spacial score (nSPS) is 12.7. The highest BCUT2D eigenvalue weighted by atomic mass is 16.4. The van der Waals surface area contributed by atoms with Gasteiger partial charge in [-0.2, -0.15) is 0 Å². The highest BCUT2D eigenvalue weighted by Gasteiger charge is 2.11. The number of rotatable bonds is 6. The lowest BCUT2D eigenvalue weighted by atomic mass is 10.0. The minimum atomic E-state index is -0.957. The Hall–Kier alpha value is -1.39. The fraction of sp³-hybridized carbons (Fsp3) is 0.462. The number of hydrogen-bond donors (Lipinski definition) is 2. The molecule has 0 aliphatic rings. The molecular weight excluding hydrogens is 216 g/mol. The van der Waals surface area contributed by atoms with Crippen molar-refractivity contribution in [3.05, 3.63) is 35.4 Å². The zero-order valence-electron chi connectivity index (χ0n) is 10.4. The molecule has 0 aliphatic carbocycles. The number of carboxylic acid groups (broad SMARTS) is 1. The molecule has 0 bridgehead atoms. The molecule has 0 amide bonds. The molecule has 1 rings (SSSR count). The lowest BCUT2D eigenvalue weighted by Gasteiger charge is -2.10. The van der Waals surface area contributed by atoms with Crippen LogP contribution in [0.3, 0.4) is 0 Å². The Labute approximate surface area is 102 Å². The van der Waals surface area contributed by atoms with Crippen LogP contribution in [0.5, 0.6) is 0 Å². The molecule has 0 heterocycles. The Kier molecular flexibility index (Phi) is 5.12. The summed E-state index contributed by atoms with van der Waals surface area (Å²) in [6.07, 6.45) is 1.38. The predicted octanol–water partition coefficient (Wildman–Crippen LogP) is 0.745. The van der Waals surface area contributed by atoms with Crippen LogP contribution >= 0.6 is 0 Å². The molecule has 1 atom stereocenters. The summed E-state index contributed by atoms with van der Waals surface area (Å²) in [6, 6.07) is 7.16. The van der Waals surface area contributed by atoms with Crippen LogP contribution in [0.25, 0.3) is 0 Å². The molecular formula is C13H20N2O2. The number of likely N-dealkylation sites (N-methyl/N-ethyl adjacent to an activating group) is 1. The monoisotopic (exact) mass is 236 g/mol. The number of carboxylic acids is 1. The lowest BCUT2D eigenvalue weighted by molar-refractivity contribution is -0.138. The van der Waals surface area contributed by atoms with E-state index in [9.17, 15) is 4.79 Å². The third-order valence-corrected chi connectivity index (χ3v) is 2.64. The van der Waals surface area contributed by atoms with Gasteiger partial charge in [-0.15, -0.1) is 0 Å². The third kappa shape index (κ3) is 4.97. The Balaban J connectivity index is 2.53. The van der Waals surface area contributed by atoms with Gasteiger partial charge in [0.1, 0.15) is 6.04 Å². The van der Waals surface area contributed by atoms with Gasteiger partial charge in [0.25, 0.3) is 0 Å². The summed E-state index contributed by atoms with van der Waals surface area (Å²) in [5.74, 6) is -0.957.